The first-order valence-corrected chi connectivity index (χ1v) is 6.69. The van der Waals surface area contributed by atoms with E-state index in [4.69, 9.17) is 0 Å². The van der Waals surface area contributed by atoms with Crippen molar-refractivity contribution in [2.24, 2.45) is 0 Å². The molecule has 4 nitrogen and oxygen atoms in total. The third-order valence-electron chi connectivity index (χ3n) is 1.94. The second-order valence-corrected chi connectivity index (χ2v) is 5.12. The number of hydrogen-bond donors (Lipinski definition) is 2. The number of rotatable bonds is 4. The highest BCUT2D eigenvalue weighted by molar-refractivity contribution is 9.10. The first kappa shape index (κ1) is 12.2. The third-order valence-corrected chi connectivity index (χ3v) is 3.37. The molecule has 6 heteroatoms. The van der Waals surface area contributed by atoms with E-state index in [0.29, 0.717) is 5.75 Å². The van der Waals surface area contributed by atoms with E-state index in [0.717, 1.165) is 15.3 Å². The molecule has 2 rings (SSSR count). The van der Waals surface area contributed by atoms with E-state index in [1.165, 1.54) is 11.8 Å². The van der Waals surface area contributed by atoms with Gasteiger partial charge >= 0.3 is 0 Å². The number of hydrogen-bond acceptors (Lipinski definition) is 3. The van der Waals surface area contributed by atoms with Crippen molar-refractivity contribution in [3.8, 4) is 0 Å². The van der Waals surface area contributed by atoms with Gasteiger partial charge in [0.1, 0.15) is 0 Å². The maximum absolute atomic E-state index is 11.6. The van der Waals surface area contributed by atoms with Gasteiger partial charge in [-0.1, -0.05) is 27.7 Å². The van der Waals surface area contributed by atoms with Crippen molar-refractivity contribution in [2.75, 3.05) is 11.1 Å². The molecule has 0 spiro atoms. The van der Waals surface area contributed by atoms with Gasteiger partial charge in [0.15, 0.2) is 5.16 Å². The zero-order valence-electron chi connectivity index (χ0n) is 8.81. The minimum absolute atomic E-state index is 0.0475. The summed E-state index contributed by atoms with van der Waals surface area (Å²) in [5.41, 5.74) is 0.790. The molecule has 0 aliphatic carbocycles. The van der Waals surface area contributed by atoms with Crippen molar-refractivity contribution >= 4 is 39.3 Å². The average molecular weight is 312 g/mol. The smallest absolute Gasteiger partial charge is 0.234 e. The molecule has 88 valence electrons. The van der Waals surface area contributed by atoms with E-state index in [9.17, 15) is 4.79 Å². The Morgan fingerprint density at radius 1 is 1.41 bits per heavy atom. The van der Waals surface area contributed by atoms with E-state index in [2.05, 4.69) is 31.2 Å². The SMILES string of the molecule is O=C(CSc1ncc[nH]1)Nc1ccc(Br)cc1. The summed E-state index contributed by atoms with van der Waals surface area (Å²) in [4.78, 5) is 18.6. The fourth-order valence-electron chi connectivity index (χ4n) is 1.19. The molecule has 1 amide bonds. The van der Waals surface area contributed by atoms with Gasteiger partial charge in [-0.15, -0.1) is 0 Å². The molecular weight excluding hydrogens is 302 g/mol. The molecular formula is C11H10BrN3OS. The summed E-state index contributed by atoms with van der Waals surface area (Å²) in [7, 11) is 0. The van der Waals surface area contributed by atoms with Crippen LogP contribution < -0.4 is 5.32 Å². The van der Waals surface area contributed by atoms with Crippen LogP contribution in [0.2, 0.25) is 0 Å². The molecule has 1 aromatic carbocycles. The molecule has 0 fully saturated rings. The number of aromatic nitrogens is 2. The van der Waals surface area contributed by atoms with Gasteiger partial charge < -0.3 is 10.3 Å². The average Bonchev–Trinajstić information content (AvgIpc) is 2.83. The standard InChI is InChI=1S/C11H10BrN3OS/c12-8-1-3-9(4-2-8)15-10(16)7-17-11-13-5-6-14-11/h1-6H,7H2,(H,13,14)(H,15,16). The number of thioether (sulfide) groups is 1. The summed E-state index contributed by atoms with van der Waals surface area (Å²) < 4.78 is 0.987. The lowest BCUT2D eigenvalue weighted by atomic mass is 10.3. The molecule has 0 aliphatic heterocycles. The van der Waals surface area contributed by atoms with Gasteiger partial charge in [0.25, 0.3) is 0 Å². The quantitative estimate of drug-likeness (QED) is 0.854. The lowest BCUT2D eigenvalue weighted by Gasteiger charge is -2.04. The number of H-pyrrole nitrogens is 1. The molecule has 1 heterocycles. The number of anilines is 1. The van der Waals surface area contributed by atoms with Crippen LogP contribution in [0.5, 0.6) is 0 Å². The Bertz CT molecular complexity index is 484. The zero-order chi connectivity index (χ0) is 12.1. The van der Waals surface area contributed by atoms with Crippen LogP contribution in [0.4, 0.5) is 5.69 Å². The van der Waals surface area contributed by atoms with Gasteiger partial charge in [-0.05, 0) is 24.3 Å². The van der Waals surface area contributed by atoms with Crippen LogP contribution in [0, 0.1) is 0 Å². The highest BCUT2D eigenvalue weighted by atomic mass is 79.9. The zero-order valence-corrected chi connectivity index (χ0v) is 11.2. The van der Waals surface area contributed by atoms with Gasteiger partial charge in [0.2, 0.25) is 5.91 Å². The molecule has 0 unspecified atom stereocenters. The van der Waals surface area contributed by atoms with Gasteiger partial charge in [-0.3, -0.25) is 4.79 Å². The fourth-order valence-corrected chi connectivity index (χ4v) is 2.09. The predicted molar refractivity (Wildman–Crippen MR) is 72.1 cm³/mol. The highest BCUT2D eigenvalue weighted by Crippen LogP contribution is 2.15. The van der Waals surface area contributed by atoms with Crippen molar-refractivity contribution in [3.63, 3.8) is 0 Å². The van der Waals surface area contributed by atoms with Crippen LogP contribution in [0.3, 0.4) is 0 Å². The van der Waals surface area contributed by atoms with Crippen LogP contribution in [0.25, 0.3) is 0 Å². The summed E-state index contributed by atoms with van der Waals surface area (Å²) in [5.74, 6) is 0.289. The minimum atomic E-state index is -0.0475. The Hall–Kier alpha value is -1.27. The summed E-state index contributed by atoms with van der Waals surface area (Å²) in [5, 5.41) is 3.56. The molecule has 0 saturated carbocycles. The first-order valence-electron chi connectivity index (χ1n) is 4.91. The summed E-state index contributed by atoms with van der Waals surface area (Å²) in [6.45, 7) is 0. The topological polar surface area (TPSA) is 57.8 Å². The van der Waals surface area contributed by atoms with E-state index in [1.807, 2.05) is 24.3 Å². The lowest BCUT2D eigenvalue weighted by molar-refractivity contribution is -0.113. The Morgan fingerprint density at radius 3 is 2.82 bits per heavy atom. The van der Waals surface area contributed by atoms with E-state index in [-0.39, 0.29) is 5.91 Å². The van der Waals surface area contributed by atoms with Gasteiger partial charge in [0, 0.05) is 22.6 Å². The van der Waals surface area contributed by atoms with Crippen molar-refractivity contribution in [1.29, 1.82) is 0 Å². The van der Waals surface area contributed by atoms with E-state index in [1.54, 1.807) is 12.4 Å². The Balaban J connectivity index is 1.83. The number of carbonyl (C=O) groups is 1. The Kier molecular flexibility index (Phi) is 4.22. The molecule has 0 aliphatic rings. The molecule has 0 bridgehead atoms. The van der Waals surface area contributed by atoms with Crippen LogP contribution in [-0.2, 0) is 4.79 Å². The molecule has 2 aromatic rings. The molecule has 1 aromatic heterocycles. The number of imidazole rings is 1. The fraction of sp³-hybridized carbons (Fsp3) is 0.0909. The van der Waals surface area contributed by atoms with Crippen molar-refractivity contribution in [2.45, 2.75) is 5.16 Å². The predicted octanol–water partition coefficient (Wildman–Crippen LogP) is 2.90. The number of benzene rings is 1. The third kappa shape index (κ3) is 3.90. The maximum atomic E-state index is 11.6. The second-order valence-electron chi connectivity index (χ2n) is 3.24. The van der Waals surface area contributed by atoms with E-state index < -0.39 is 0 Å². The van der Waals surface area contributed by atoms with Gasteiger partial charge in [-0.2, -0.15) is 0 Å². The van der Waals surface area contributed by atoms with Crippen molar-refractivity contribution in [1.82, 2.24) is 9.97 Å². The van der Waals surface area contributed by atoms with E-state index >= 15 is 0 Å². The number of aromatic amines is 1. The minimum Gasteiger partial charge on any atom is -0.340 e. The van der Waals surface area contributed by atoms with Crippen LogP contribution >= 0.6 is 27.7 Å². The Morgan fingerprint density at radius 2 is 2.18 bits per heavy atom. The summed E-state index contributed by atoms with van der Waals surface area (Å²) in [6.07, 6.45) is 3.39. The van der Waals surface area contributed by atoms with Crippen molar-refractivity contribution in [3.05, 3.63) is 41.1 Å². The van der Waals surface area contributed by atoms with Crippen LogP contribution in [0.1, 0.15) is 0 Å². The van der Waals surface area contributed by atoms with Gasteiger partial charge in [-0.25, -0.2) is 4.98 Å². The Labute approximate surface area is 111 Å². The monoisotopic (exact) mass is 311 g/mol. The number of halogens is 1. The highest BCUT2D eigenvalue weighted by Gasteiger charge is 2.04. The van der Waals surface area contributed by atoms with Crippen LogP contribution in [-0.4, -0.2) is 21.6 Å². The van der Waals surface area contributed by atoms with Crippen LogP contribution in [0.15, 0.2) is 46.3 Å². The largest absolute Gasteiger partial charge is 0.340 e. The molecule has 0 radical (unpaired) electrons. The summed E-state index contributed by atoms with van der Waals surface area (Å²) in [6, 6.07) is 7.46. The normalized spacial score (nSPS) is 10.2. The first-order chi connectivity index (χ1) is 8.24. The lowest BCUT2D eigenvalue weighted by Crippen LogP contribution is -2.13. The number of carbonyl (C=O) groups excluding carboxylic acids is 1. The maximum Gasteiger partial charge on any atom is 0.234 e. The number of nitrogens with one attached hydrogen (secondary N) is 2. The molecule has 0 atom stereocenters. The van der Waals surface area contributed by atoms with Gasteiger partial charge in [0.05, 0.1) is 5.75 Å². The summed E-state index contributed by atoms with van der Waals surface area (Å²) >= 11 is 4.71. The number of amides is 1. The molecule has 0 saturated heterocycles. The molecule has 2 N–H and O–H groups in total. The molecule has 17 heavy (non-hydrogen) atoms. The number of nitrogens with zero attached hydrogens (tertiary/aromatic N) is 1. The second kappa shape index (κ2) is 5.88. The van der Waals surface area contributed by atoms with Crippen molar-refractivity contribution < 1.29 is 4.79 Å².